The zero-order valence-corrected chi connectivity index (χ0v) is 15.7. The molecule has 2 saturated heterocycles. The van der Waals surface area contributed by atoms with Gasteiger partial charge in [-0.25, -0.2) is 0 Å². The molecule has 26 heavy (non-hydrogen) atoms. The van der Waals surface area contributed by atoms with Gasteiger partial charge in [0.1, 0.15) is 6.61 Å². The SMILES string of the molecule is COc1cccc2c1OCC(CN1C[C@H](O)[C@@H](N3CCN(C)CC3)C1)=C2. The zero-order chi connectivity index (χ0) is 18.1. The fourth-order valence-electron chi connectivity index (χ4n) is 4.26. The molecule has 0 bridgehead atoms. The Kier molecular flexibility index (Phi) is 5.18. The Morgan fingerprint density at radius 1 is 1.19 bits per heavy atom. The van der Waals surface area contributed by atoms with Crippen molar-refractivity contribution in [3.63, 3.8) is 0 Å². The molecule has 0 spiro atoms. The minimum Gasteiger partial charge on any atom is -0.493 e. The number of para-hydroxylation sites is 1. The lowest BCUT2D eigenvalue weighted by atomic mass is 10.1. The number of hydrogen-bond donors (Lipinski definition) is 1. The number of hydrogen-bond acceptors (Lipinski definition) is 6. The summed E-state index contributed by atoms with van der Waals surface area (Å²) in [4.78, 5) is 7.16. The van der Waals surface area contributed by atoms with Crippen LogP contribution in [0.15, 0.2) is 23.8 Å². The number of likely N-dealkylation sites (N-methyl/N-ethyl adjacent to an activating group) is 1. The Hall–Kier alpha value is -1.60. The number of rotatable bonds is 4. The van der Waals surface area contributed by atoms with Crippen molar-refractivity contribution in [3.05, 3.63) is 29.3 Å². The number of β-amino-alcohol motifs (C(OH)–C–C–N with tert-alkyl or cyclic N) is 1. The van der Waals surface area contributed by atoms with Crippen molar-refractivity contribution in [1.29, 1.82) is 0 Å². The maximum atomic E-state index is 10.6. The first-order chi connectivity index (χ1) is 12.6. The average Bonchev–Trinajstić information content (AvgIpc) is 3.01. The van der Waals surface area contributed by atoms with Crippen LogP contribution in [0.3, 0.4) is 0 Å². The van der Waals surface area contributed by atoms with Crippen molar-refractivity contribution in [1.82, 2.24) is 14.7 Å². The van der Waals surface area contributed by atoms with E-state index >= 15 is 0 Å². The molecule has 2 atom stereocenters. The molecular weight excluding hydrogens is 330 g/mol. The molecule has 0 aliphatic carbocycles. The van der Waals surface area contributed by atoms with E-state index in [1.54, 1.807) is 7.11 Å². The molecule has 1 N–H and O–H groups in total. The van der Waals surface area contributed by atoms with E-state index in [0.29, 0.717) is 6.61 Å². The van der Waals surface area contributed by atoms with Crippen LogP contribution in [0.5, 0.6) is 11.5 Å². The summed E-state index contributed by atoms with van der Waals surface area (Å²) in [5, 5.41) is 10.6. The van der Waals surface area contributed by atoms with Gasteiger partial charge in [-0.3, -0.25) is 9.80 Å². The lowest BCUT2D eigenvalue weighted by Gasteiger charge is -2.37. The molecule has 3 aliphatic heterocycles. The Labute approximate surface area is 155 Å². The smallest absolute Gasteiger partial charge is 0.168 e. The van der Waals surface area contributed by atoms with Gasteiger partial charge in [-0.1, -0.05) is 12.1 Å². The fourth-order valence-corrected chi connectivity index (χ4v) is 4.26. The van der Waals surface area contributed by atoms with Gasteiger partial charge >= 0.3 is 0 Å². The molecule has 0 radical (unpaired) electrons. The molecular formula is C20H29N3O3. The van der Waals surface area contributed by atoms with E-state index < -0.39 is 0 Å². The van der Waals surface area contributed by atoms with E-state index in [-0.39, 0.29) is 12.1 Å². The highest BCUT2D eigenvalue weighted by Crippen LogP contribution is 2.35. The average molecular weight is 359 g/mol. The molecule has 0 saturated carbocycles. The van der Waals surface area contributed by atoms with Crippen LogP contribution in [-0.4, -0.2) is 98.5 Å². The molecule has 0 unspecified atom stereocenters. The largest absolute Gasteiger partial charge is 0.493 e. The van der Waals surface area contributed by atoms with Gasteiger partial charge in [-0.05, 0) is 24.8 Å². The number of likely N-dealkylation sites (tertiary alicyclic amines) is 1. The molecule has 3 heterocycles. The van der Waals surface area contributed by atoms with Crippen LogP contribution >= 0.6 is 0 Å². The number of nitrogens with zero attached hydrogens (tertiary/aromatic N) is 3. The topological polar surface area (TPSA) is 48.4 Å². The van der Waals surface area contributed by atoms with Crippen molar-refractivity contribution >= 4 is 6.08 Å². The first-order valence-electron chi connectivity index (χ1n) is 9.46. The van der Waals surface area contributed by atoms with E-state index in [4.69, 9.17) is 9.47 Å². The number of aliphatic hydroxyl groups is 1. The number of methoxy groups -OCH3 is 1. The highest BCUT2D eigenvalue weighted by Gasteiger charge is 2.36. The summed E-state index contributed by atoms with van der Waals surface area (Å²) in [5.74, 6) is 1.61. The lowest BCUT2D eigenvalue weighted by molar-refractivity contribution is 0.0512. The van der Waals surface area contributed by atoms with Gasteiger partial charge in [-0.15, -0.1) is 0 Å². The number of benzene rings is 1. The number of aliphatic hydroxyl groups excluding tert-OH is 1. The van der Waals surface area contributed by atoms with Gasteiger partial charge in [0.05, 0.1) is 13.2 Å². The standard InChI is InChI=1S/C20H29N3O3/c1-21-6-8-23(9-7-21)17-12-22(13-18(17)24)11-15-10-16-4-3-5-19(25-2)20(16)26-14-15/h3-5,10,17-18,24H,6-9,11-14H2,1-2H3/t17-,18-/m0/s1. The molecule has 1 aromatic carbocycles. The highest BCUT2D eigenvalue weighted by atomic mass is 16.5. The lowest BCUT2D eigenvalue weighted by Crippen LogP contribution is -2.52. The third-order valence-corrected chi connectivity index (χ3v) is 5.76. The van der Waals surface area contributed by atoms with Crippen LogP contribution in [0.25, 0.3) is 6.08 Å². The summed E-state index contributed by atoms with van der Waals surface area (Å²) in [6.07, 6.45) is 1.94. The van der Waals surface area contributed by atoms with E-state index in [2.05, 4.69) is 33.9 Å². The third kappa shape index (κ3) is 3.60. The molecule has 3 aliphatic rings. The predicted molar refractivity (Wildman–Crippen MR) is 102 cm³/mol. The zero-order valence-electron chi connectivity index (χ0n) is 15.7. The van der Waals surface area contributed by atoms with Crippen LogP contribution < -0.4 is 9.47 Å². The number of ether oxygens (including phenoxy) is 2. The van der Waals surface area contributed by atoms with Gasteiger partial charge in [0, 0.05) is 57.4 Å². The molecule has 6 nitrogen and oxygen atoms in total. The summed E-state index contributed by atoms with van der Waals surface area (Å²) in [5.41, 5.74) is 2.32. The number of piperazine rings is 1. The Morgan fingerprint density at radius 3 is 2.77 bits per heavy atom. The van der Waals surface area contributed by atoms with E-state index in [0.717, 1.165) is 62.9 Å². The molecule has 2 fully saturated rings. The second-order valence-corrected chi connectivity index (χ2v) is 7.64. The second-order valence-electron chi connectivity index (χ2n) is 7.64. The Bertz CT molecular complexity index is 670. The normalized spacial score (nSPS) is 27.7. The van der Waals surface area contributed by atoms with Crippen LogP contribution in [0.1, 0.15) is 5.56 Å². The van der Waals surface area contributed by atoms with Crippen molar-refractivity contribution in [2.45, 2.75) is 12.1 Å². The van der Waals surface area contributed by atoms with Crippen molar-refractivity contribution in [2.24, 2.45) is 0 Å². The molecule has 1 aromatic rings. The summed E-state index contributed by atoms with van der Waals surface area (Å²) in [7, 11) is 3.83. The van der Waals surface area contributed by atoms with Crippen LogP contribution in [0.2, 0.25) is 0 Å². The maximum Gasteiger partial charge on any atom is 0.168 e. The van der Waals surface area contributed by atoms with Gasteiger partial charge in [0.25, 0.3) is 0 Å². The first kappa shape index (κ1) is 17.8. The van der Waals surface area contributed by atoms with Crippen LogP contribution in [0.4, 0.5) is 0 Å². The Balaban J connectivity index is 1.40. The minimum atomic E-state index is -0.268. The van der Waals surface area contributed by atoms with Crippen molar-refractivity contribution in [3.8, 4) is 11.5 Å². The van der Waals surface area contributed by atoms with E-state index in [1.807, 2.05) is 12.1 Å². The van der Waals surface area contributed by atoms with Crippen molar-refractivity contribution in [2.75, 3.05) is 66.6 Å². The van der Waals surface area contributed by atoms with Gasteiger partial charge in [-0.2, -0.15) is 0 Å². The van der Waals surface area contributed by atoms with Gasteiger partial charge in [0.15, 0.2) is 11.5 Å². The molecule has 142 valence electrons. The quantitative estimate of drug-likeness (QED) is 0.857. The molecule has 6 heteroatoms. The summed E-state index contributed by atoms with van der Waals surface area (Å²) < 4.78 is 11.3. The van der Waals surface area contributed by atoms with Crippen molar-refractivity contribution < 1.29 is 14.6 Å². The van der Waals surface area contributed by atoms with Crippen LogP contribution in [0, 0.1) is 0 Å². The van der Waals surface area contributed by atoms with E-state index in [9.17, 15) is 5.11 Å². The number of fused-ring (bicyclic) bond motifs is 1. The van der Waals surface area contributed by atoms with Crippen LogP contribution in [-0.2, 0) is 0 Å². The molecule has 0 amide bonds. The summed E-state index contributed by atoms with van der Waals surface area (Å²) >= 11 is 0. The van der Waals surface area contributed by atoms with E-state index in [1.165, 1.54) is 5.57 Å². The maximum absolute atomic E-state index is 10.6. The van der Waals surface area contributed by atoms with Gasteiger partial charge in [0.2, 0.25) is 0 Å². The fraction of sp³-hybridized carbons (Fsp3) is 0.600. The minimum absolute atomic E-state index is 0.251. The molecule has 4 rings (SSSR count). The highest BCUT2D eigenvalue weighted by molar-refractivity contribution is 5.66. The third-order valence-electron chi connectivity index (χ3n) is 5.76. The van der Waals surface area contributed by atoms with Gasteiger partial charge < -0.3 is 19.5 Å². The second kappa shape index (κ2) is 7.56. The monoisotopic (exact) mass is 359 g/mol. The Morgan fingerprint density at radius 2 is 2.00 bits per heavy atom. The summed E-state index contributed by atoms with van der Waals surface area (Å²) in [6.45, 7) is 7.35. The first-order valence-corrected chi connectivity index (χ1v) is 9.46. The molecule has 0 aromatic heterocycles. The predicted octanol–water partition coefficient (Wildman–Crippen LogP) is 0.764. The summed E-state index contributed by atoms with van der Waals surface area (Å²) in [6, 6.07) is 6.22.